The fourth-order valence-electron chi connectivity index (χ4n) is 6.54. The van der Waals surface area contributed by atoms with Crippen molar-refractivity contribution in [1.82, 2.24) is 4.98 Å². The molecule has 2 atom stereocenters. The van der Waals surface area contributed by atoms with E-state index in [1.54, 1.807) is 0 Å². The van der Waals surface area contributed by atoms with Crippen molar-refractivity contribution in [1.29, 1.82) is 0 Å². The van der Waals surface area contributed by atoms with Gasteiger partial charge in [-0.05, 0) is 85.9 Å². The molecule has 4 aliphatic carbocycles. The van der Waals surface area contributed by atoms with Gasteiger partial charge < -0.3 is 11.1 Å². The topological polar surface area (TPSA) is 50.9 Å². The van der Waals surface area contributed by atoms with Gasteiger partial charge in [0.2, 0.25) is 0 Å². The normalized spacial score (nSPS) is 37.0. The van der Waals surface area contributed by atoms with E-state index in [0.29, 0.717) is 10.8 Å². The summed E-state index contributed by atoms with van der Waals surface area (Å²) >= 11 is 0. The molecule has 4 saturated carbocycles. The van der Waals surface area contributed by atoms with Crippen molar-refractivity contribution in [2.45, 2.75) is 38.5 Å². The van der Waals surface area contributed by atoms with Gasteiger partial charge in [0, 0.05) is 11.9 Å². The standard InChI is InChI=1S/C21H27N3/c22-13-20-8-15-7-16(9-20)11-21(10-15,12-20)14-23-19-6-5-17-3-1-2-4-18(17)24-19/h1-6,15-16H,7-14,22H2,(H,23,24). The quantitative estimate of drug-likeness (QED) is 0.887. The molecule has 1 heterocycles. The predicted molar refractivity (Wildman–Crippen MR) is 98.8 cm³/mol. The maximum atomic E-state index is 6.22. The maximum absolute atomic E-state index is 6.22. The highest BCUT2D eigenvalue weighted by molar-refractivity contribution is 5.80. The molecule has 0 aliphatic heterocycles. The van der Waals surface area contributed by atoms with Gasteiger partial charge in [0.05, 0.1) is 5.52 Å². The van der Waals surface area contributed by atoms with E-state index in [2.05, 4.69) is 41.7 Å². The van der Waals surface area contributed by atoms with Gasteiger partial charge in [-0.3, -0.25) is 0 Å². The first-order valence-electron chi connectivity index (χ1n) is 9.47. The van der Waals surface area contributed by atoms with E-state index in [-0.39, 0.29) is 0 Å². The number of hydrogen-bond donors (Lipinski definition) is 2. The number of benzene rings is 1. The lowest BCUT2D eigenvalue weighted by Crippen LogP contribution is -2.56. The maximum Gasteiger partial charge on any atom is 0.126 e. The molecule has 3 heteroatoms. The molecule has 3 nitrogen and oxygen atoms in total. The molecule has 0 amide bonds. The number of hydrogen-bond acceptors (Lipinski definition) is 3. The van der Waals surface area contributed by atoms with Crippen molar-refractivity contribution in [2.24, 2.45) is 28.4 Å². The highest BCUT2D eigenvalue weighted by atomic mass is 15.0. The Morgan fingerprint density at radius 1 is 1.00 bits per heavy atom. The summed E-state index contributed by atoms with van der Waals surface area (Å²) in [5, 5.41) is 4.89. The van der Waals surface area contributed by atoms with Crippen LogP contribution < -0.4 is 11.1 Å². The Morgan fingerprint density at radius 3 is 2.54 bits per heavy atom. The number of aromatic nitrogens is 1. The number of para-hydroxylation sites is 1. The van der Waals surface area contributed by atoms with Crippen LogP contribution in [0.3, 0.4) is 0 Å². The van der Waals surface area contributed by atoms with Crippen LogP contribution in [0.4, 0.5) is 5.82 Å². The molecule has 2 unspecified atom stereocenters. The molecule has 0 saturated heterocycles. The van der Waals surface area contributed by atoms with Gasteiger partial charge in [0.15, 0.2) is 0 Å². The Balaban J connectivity index is 1.37. The zero-order chi connectivity index (χ0) is 16.2. The number of rotatable bonds is 4. The minimum Gasteiger partial charge on any atom is -0.369 e. The van der Waals surface area contributed by atoms with E-state index < -0.39 is 0 Å². The van der Waals surface area contributed by atoms with Crippen molar-refractivity contribution in [2.75, 3.05) is 18.4 Å². The summed E-state index contributed by atoms with van der Waals surface area (Å²) in [6.07, 6.45) is 8.34. The van der Waals surface area contributed by atoms with Crippen LogP contribution in [0.2, 0.25) is 0 Å². The average molecular weight is 321 g/mol. The summed E-state index contributed by atoms with van der Waals surface area (Å²) in [6, 6.07) is 12.6. The molecule has 6 rings (SSSR count). The third-order valence-electron chi connectivity index (χ3n) is 6.98. The van der Waals surface area contributed by atoms with Gasteiger partial charge in [-0.15, -0.1) is 0 Å². The minimum absolute atomic E-state index is 0.447. The van der Waals surface area contributed by atoms with Crippen LogP contribution in [0.1, 0.15) is 38.5 Å². The van der Waals surface area contributed by atoms with E-state index in [4.69, 9.17) is 10.7 Å². The number of nitrogens with zero attached hydrogens (tertiary/aromatic N) is 1. The molecule has 4 aliphatic rings. The summed E-state index contributed by atoms with van der Waals surface area (Å²) in [7, 11) is 0. The molecule has 24 heavy (non-hydrogen) atoms. The van der Waals surface area contributed by atoms with Crippen molar-refractivity contribution in [3.63, 3.8) is 0 Å². The Bertz CT molecular complexity index is 755. The van der Waals surface area contributed by atoms with Crippen molar-refractivity contribution in [3.05, 3.63) is 36.4 Å². The van der Waals surface area contributed by atoms with Crippen LogP contribution in [-0.2, 0) is 0 Å². The molecule has 1 aromatic carbocycles. The molecular weight excluding hydrogens is 294 g/mol. The second kappa shape index (κ2) is 5.19. The molecule has 4 bridgehead atoms. The number of nitrogens with one attached hydrogen (secondary N) is 1. The lowest BCUT2D eigenvalue weighted by atomic mass is 9.44. The zero-order valence-electron chi connectivity index (χ0n) is 14.3. The van der Waals surface area contributed by atoms with Crippen LogP contribution in [0.25, 0.3) is 10.9 Å². The SMILES string of the molecule is NCC12CC3CC(C1)CC(CNc1ccc4ccccc4n1)(C3)C2. The third kappa shape index (κ3) is 2.33. The minimum atomic E-state index is 0.447. The van der Waals surface area contributed by atoms with Gasteiger partial charge in [-0.2, -0.15) is 0 Å². The van der Waals surface area contributed by atoms with Gasteiger partial charge >= 0.3 is 0 Å². The molecule has 2 aromatic rings. The first kappa shape index (κ1) is 14.7. The van der Waals surface area contributed by atoms with Crippen molar-refractivity contribution in [3.8, 4) is 0 Å². The first-order chi connectivity index (χ1) is 11.7. The summed E-state index contributed by atoms with van der Waals surface area (Å²) < 4.78 is 0. The highest BCUT2D eigenvalue weighted by Crippen LogP contribution is 2.64. The number of nitrogens with two attached hydrogens (primary N) is 1. The van der Waals surface area contributed by atoms with E-state index in [0.717, 1.165) is 36.3 Å². The smallest absolute Gasteiger partial charge is 0.126 e. The Labute approximate surface area is 144 Å². The lowest BCUT2D eigenvalue weighted by Gasteiger charge is -2.62. The monoisotopic (exact) mass is 321 g/mol. The Morgan fingerprint density at radius 2 is 1.75 bits per heavy atom. The van der Waals surface area contributed by atoms with E-state index in [9.17, 15) is 0 Å². The summed E-state index contributed by atoms with van der Waals surface area (Å²) in [6.45, 7) is 1.95. The van der Waals surface area contributed by atoms with Gasteiger partial charge in [-0.25, -0.2) is 4.98 Å². The van der Waals surface area contributed by atoms with Gasteiger partial charge in [-0.1, -0.05) is 18.2 Å². The fraction of sp³-hybridized carbons (Fsp3) is 0.571. The Hall–Kier alpha value is -1.61. The summed E-state index contributed by atoms with van der Waals surface area (Å²) in [4.78, 5) is 4.79. The average Bonchev–Trinajstić information content (AvgIpc) is 2.59. The number of pyridine rings is 1. The van der Waals surface area contributed by atoms with Gasteiger partial charge in [0.1, 0.15) is 5.82 Å². The Kier molecular flexibility index (Phi) is 3.18. The molecule has 126 valence electrons. The zero-order valence-corrected chi connectivity index (χ0v) is 14.3. The van der Waals surface area contributed by atoms with Crippen LogP contribution in [0, 0.1) is 22.7 Å². The predicted octanol–water partition coefficient (Wildman–Crippen LogP) is 4.19. The highest BCUT2D eigenvalue weighted by Gasteiger charge is 2.56. The van der Waals surface area contributed by atoms with E-state index in [1.807, 2.05) is 0 Å². The molecule has 4 fully saturated rings. The van der Waals surface area contributed by atoms with E-state index >= 15 is 0 Å². The van der Waals surface area contributed by atoms with Crippen molar-refractivity contribution >= 4 is 16.7 Å². The van der Waals surface area contributed by atoms with Crippen molar-refractivity contribution < 1.29 is 0 Å². The van der Waals surface area contributed by atoms with Crippen LogP contribution in [0.5, 0.6) is 0 Å². The van der Waals surface area contributed by atoms with E-state index in [1.165, 1.54) is 43.9 Å². The van der Waals surface area contributed by atoms with Crippen LogP contribution in [0.15, 0.2) is 36.4 Å². The number of anilines is 1. The van der Waals surface area contributed by atoms with Crippen LogP contribution >= 0.6 is 0 Å². The summed E-state index contributed by atoms with van der Waals surface area (Å²) in [5.41, 5.74) is 8.20. The second-order valence-electron chi connectivity index (χ2n) is 8.91. The fourth-order valence-corrected chi connectivity index (χ4v) is 6.54. The molecular formula is C21H27N3. The number of fused-ring (bicyclic) bond motifs is 1. The summed E-state index contributed by atoms with van der Waals surface area (Å²) in [5.74, 6) is 2.86. The largest absolute Gasteiger partial charge is 0.369 e. The lowest BCUT2D eigenvalue weighted by molar-refractivity contribution is -0.0989. The molecule has 3 N–H and O–H groups in total. The molecule has 1 aromatic heterocycles. The molecule has 0 spiro atoms. The third-order valence-corrected chi connectivity index (χ3v) is 6.98. The first-order valence-corrected chi connectivity index (χ1v) is 9.47. The van der Waals surface area contributed by atoms with Crippen LogP contribution in [-0.4, -0.2) is 18.1 Å². The van der Waals surface area contributed by atoms with Gasteiger partial charge in [0.25, 0.3) is 0 Å². The molecule has 0 radical (unpaired) electrons. The second-order valence-corrected chi connectivity index (χ2v) is 8.91.